The quantitative estimate of drug-likeness (QED) is 0.0211. The van der Waals surface area contributed by atoms with Crippen LogP contribution in [0.4, 0.5) is 0 Å². The summed E-state index contributed by atoms with van der Waals surface area (Å²) in [7, 11) is 1.46. The van der Waals surface area contributed by atoms with Crippen LogP contribution in [-0.2, 0) is 32.7 Å². The van der Waals surface area contributed by atoms with Gasteiger partial charge in [0.15, 0.2) is 6.10 Å². The molecular formula is C86H145NO8P+. The van der Waals surface area contributed by atoms with Gasteiger partial charge in [-0.2, -0.15) is 0 Å². The van der Waals surface area contributed by atoms with E-state index in [1.165, 1.54) is 135 Å². The highest BCUT2D eigenvalue weighted by Crippen LogP contribution is 2.43. The zero-order valence-electron chi connectivity index (χ0n) is 62.3. The number of carbonyl (C=O) groups is 2. The molecule has 546 valence electrons. The molecular weight excluding hydrogens is 1210 g/mol. The molecule has 0 radical (unpaired) electrons. The summed E-state index contributed by atoms with van der Waals surface area (Å²) in [6, 6.07) is 0. The van der Waals surface area contributed by atoms with Crippen molar-refractivity contribution in [1.29, 1.82) is 0 Å². The molecule has 0 fully saturated rings. The number of esters is 2. The molecule has 0 saturated carbocycles. The lowest BCUT2D eigenvalue weighted by molar-refractivity contribution is -0.870. The van der Waals surface area contributed by atoms with Gasteiger partial charge in [-0.15, -0.1) is 0 Å². The van der Waals surface area contributed by atoms with E-state index in [0.717, 1.165) is 141 Å². The van der Waals surface area contributed by atoms with E-state index >= 15 is 0 Å². The fourth-order valence-electron chi connectivity index (χ4n) is 10.4. The predicted molar refractivity (Wildman–Crippen MR) is 417 cm³/mol. The molecule has 9 nitrogen and oxygen atoms in total. The average Bonchev–Trinajstić information content (AvgIpc) is 2.54. The molecule has 0 amide bonds. The Morgan fingerprint density at radius 1 is 0.323 bits per heavy atom. The average molecular weight is 1350 g/mol. The summed E-state index contributed by atoms with van der Waals surface area (Å²) in [4.78, 5) is 36.0. The maximum atomic E-state index is 12.9. The summed E-state index contributed by atoms with van der Waals surface area (Å²) in [5.74, 6) is -0.804. The van der Waals surface area contributed by atoms with Crippen LogP contribution in [0.2, 0.25) is 0 Å². The number of quaternary nitrogens is 1. The first-order chi connectivity index (χ1) is 47.0. The number of unbranched alkanes of at least 4 members (excludes halogenated alkanes) is 28. The number of likely N-dealkylation sites (N-methyl/N-ethyl adjacent to an activating group) is 1. The lowest BCUT2D eigenvalue weighted by Crippen LogP contribution is -2.37. The van der Waals surface area contributed by atoms with Gasteiger partial charge in [0.1, 0.15) is 19.8 Å². The van der Waals surface area contributed by atoms with Crippen molar-refractivity contribution in [2.24, 2.45) is 0 Å². The van der Waals surface area contributed by atoms with E-state index in [4.69, 9.17) is 18.5 Å². The maximum Gasteiger partial charge on any atom is 0.472 e. The van der Waals surface area contributed by atoms with E-state index < -0.39 is 26.5 Å². The number of carbonyl (C=O) groups excluding carboxylic acids is 2. The molecule has 0 rings (SSSR count). The maximum absolute atomic E-state index is 12.9. The number of rotatable bonds is 70. The number of hydrogen-bond acceptors (Lipinski definition) is 7. The van der Waals surface area contributed by atoms with Crippen LogP contribution in [0.3, 0.4) is 0 Å². The summed E-state index contributed by atoms with van der Waals surface area (Å²) < 4.78 is 34.8. The monoisotopic (exact) mass is 1350 g/mol. The van der Waals surface area contributed by atoms with Gasteiger partial charge in [-0.1, -0.05) is 338 Å². The third kappa shape index (κ3) is 78.4. The van der Waals surface area contributed by atoms with Crippen molar-refractivity contribution >= 4 is 19.8 Å². The minimum atomic E-state index is -4.41. The lowest BCUT2D eigenvalue weighted by atomic mass is 10.0. The van der Waals surface area contributed by atoms with Crippen LogP contribution in [0, 0.1) is 0 Å². The largest absolute Gasteiger partial charge is 0.472 e. The molecule has 0 aromatic carbocycles. The summed E-state index contributed by atoms with van der Waals surface area (Å²) in [6.45, 7) is 4.21. The topological polar surface area (TPSA) is 108 Å². The van der Waals surface area contributed by atoms with Gasteiger partial charge in [-0.3, -0.25) is 18.6 Å². The van der Waals surface area contributed by atoms with E-state index in [2.05, 4.69) is 184 Å². The second-order valence-electron chi connectivity index (χ2n) is 26.6. The smallest absolute Gasteiger partial charge is 0.462 e. The Hall–Kier alpha value is -4.63. The van der Waals surface area contributed by atoms with Gasteiger partial charge in [0.05, 0.1) is 27.7 Å². The first-order valence-electron chi connectivity index (χ1n) is 38.9. The van der Waals surface area contributed by atoms with Crippen LogP contribution in [0.15, 0.2) is 170 Å². The van der Waals surface area contributed by atoms with E-state index in [9.17, 15) is 19.0 Å². The van der Waals surface area contributed by atoms with Crippen molar-refractivity contribution in [3.8, 4) is 0 Å². The van der Waals surface area contributed by atoms with Gasteiger partial charge in [0.2, 0.25) is 0 Å². The highest BCUT2D eigenvalue weighted by molar-refractivity contribution is 7.47. The van der Waals surface area contributed by atoms with E-state index in [-0.39, 0.29) is 32.0 Å². The van der Waals surface area contributed by atoms with Crippen LogP contribution >= 0.6 is 7.82 Å². The molecule has 0 aromatic heterocycles. The van der Waals surface area contributed by atoms with Crippen LogP contribution < -0.4 is 0 Å². The van der Waals surface area contributed by atoms with E-state index in [1.807, 2.05) is 21.1 Å². The lowest BCUT2D eigenvalue weighted by Gasteiger charge is -2.24. The minimum absolute atomic E-state index is 0.0246. The van der Waals surface area contributed by atoms with Crippen molar-refractivity contribution in [2.75, 3.05) is 47.5 Å². The Balaban J connectivity index is 4.02. The van der Waals surface area contributed by atoms with E-state index in [1.54, 1.807) is 0 Å². The second-order valence-corrected chi connectivity index (χ2v) is 28.1. The van der Waals surface area contributed by atoms with Gasteiger partial charge in [-0.25, -0.2) is 4.57 Å². The van der Waals surface area contributed by atoms with Crippen LogP contribution in [-0.4, -0.2) is 74.9 Å². The minimum Gasteiger partial charge on any atom is -0.462 e. The fraction of sp³-hybridized carbons (Fsp3) is 0.651. The molecule has 0 aliphatic rings. The van der Waals surface area contributed by atoms with Crippen LogP contribution in [0.1, 0.15) is 309 Å². The summed E-state index contributed by atoms with van der Waals surface area (Å²) >= 11 is 0. The molecule has 0 aliphatic carbocycles. The standard InChI is InChI=1S/C86H144NO8P/c1-6-8-10-12-14-16-18-20-22-24-26-28-30-32-34-36-38-39-40-41-42-43-44-45-46-47-49-51-53-55-57-59-61-63-65-67-69-71-73-75-77-79-86(89)95-84(83-94-96(90,91)93-81-80-87(3,4)5)82-92-85(88)78-76-74-72-70-68-66-64-62-60-58-56-54-52-50-48-37-35-33-31-29-27-25-23-21-19-17-15-13-11-9-7-2/h8-11,14-17,20-23,26-29,32-35,38-39,41-42,48,50,54,56,84H,6-7,12-13,18-19,24-25,30-31,36-37,40,43-47,49,51-53,55,57-83H2,1-5H3/p+1/b10-8-,11-9-,16-14-,17-15-,22-20-,23-21-,28-26-,29-27-,34-32-,35-33-,39-38-,42-41-,50-48-,56-54-. The predicted octanol–water partition coefficient (Wildman–Crippen LogP) is 26.1. The number of ether oxygens (including phenoxy) is 2. The van der Waals surface area contributed by atoms with E-state index in [0.29, 0.717) is 17.4 Å². The zero-order chi connectivity index (χ0) is 69.7. The highest BCUT2D eigenvalue weighted by Gasteiger charge is 2.27. The zero-order valence-corrected chi connectivity index (χ0v) is 63.2. The first-order valence-corrected chi connectivity index (χ1v) is 40.4. The highest BCUT2D eigenvalue weighted by atomic mass is 31.2. The molecule has 96 heavy (non-hydrogen) atoms. The third-order valence-corrected chi connectivity index (χ3v) is 17.2. The van der Waals surface area contributed by atoms with Gasteiger partial charge in [-0.05, 0) is 128 Å². The number of phosphoric ester groups is 1. The molecule has 0 aromatic rings. The Bertz CT molecular complexity index is 2230. The van der Waals surface area contributed by atoms with Crippen molar-refractivity contribution < 1.29 is 42.1 Å². The fourth-order valence-corrected chi connectivity index (χ4v) is 11.1. The Kier molecular flexibility index (Phi) is 71.0. The number of allylic oxidation sites excluding steroid dienone is 28. The molecule has 0 heterocycles. The van der Waals surface area contributed by atoms with Crippen LogP contribution in [0.5, 0.6) is 0 Å². The summed E-state index contributed by atoms with van der Waals surface area (Å²) in [5.41, 5.74) is 0. The number of nitrogens with zero attached hydrogens (tertiary/aromatic N) is 1. The second kappa shape index (κ2) is 74.6. The number of hydrogen-bond donors (Lipinski definition) is 1. The van der Waals surface area contributed by atoms with Gasteiger partial charge < -0.3 is 18.9 Å². The first kappa shape index (κ1) is 91.4. The van der Waals surface area contributed by atoms with Crippen LogP contribution in [0.25, 0.3) is 0 Å². The van der Waals surface area contributed by atoms with Crippen molar-refractivity contribution in [3.05, 3.63) is 170 Å². The normalized spacial score (nSPS) is 14.0. The van der Waals surface area contributed by atoms with Gasteiger partial charge in [0, 0.05) is 12.8 Å². The van der Waals surface area contributed by atoms with Crippen molar-refractivity contribution in [1.82, 2.24) is 0 Å². The third-order valence-electron chi connectivity index (χ3n) is 16.2. The SMILES string of the molecule is CC/C=C\C/C=C\C/C=C\C/C=C\C/C=C\C/C=C\C/C=C\CCCCCCCCCCCCCCCCCCCCCC(=O)OC(COC(=O)CCCCCCCCCCC/C=C\C/C=C\C/C=C\C/C=C\C/C=C\C/C=C\C/C=C\CC)COP(=O)(O)OCC[N+](C)(C)C. The molecule has 0 bridgehead atoms. The Morgan fingerprint density at radius 3 is 0.833 bits per heavy atom. The molecule has 0 aliphatic heterocycles. The molecule has 0 spiro atoms. The summed E-state index contributed by atoms with van der Waals surface area (Å²) in [6.07, 6.45) is 113. The van der Waals surface area contributed by atoms with Crippen molar-refractivity contribution in [2.45, 2.75) is 315 Å². The van der Waals surface area contributed by atoms with Crippen molar-refractivity contribution in [3.63, 3.8) is 0 Å². The molecule has 10 heteroatoms. The molecule has 0 saturated heterocycles. The van der Waals surface area contributed by atoms with Gasteiger partial charge in [0.25, 0.3) is 0 Å². The Labute approximate surface area is 591 Å². The molecule has 1 N–H and O–H groups in total. The number of phosphoric acid groups is 1. The summed E-state index contributed by atoms with van der Waals surface area (Å²) in [5, 5.41) is 0. The Morgan fingerprint density at radius 2 is 0.562 bits per heavy atom. The molecule has 2 atom stereocenters. The molecule has 2 unspecified atom stereocenters. The van der Waals surface area contributed by atoms with Gasteiger partial charge >= 0.3 is 19.8 Å².